The second-order valence-electron chi connectivity index (χ2n) is 34.1. The second kappa shape index (κ2) is 33.5. The molecule has 37 nitrogen and oxygen atoms in total. The highest BCUT2D eigenvalue weighted by Gasteiger charge is 2.74. The number of fused-ring (bicyclic) bond motifs is 7. The van der Waals surface area contributed by atoms with Gasteiger partial charge in [0.15, 0.2) is 55.2 Å². The molecular weight excluding hydrogens is 1500 g/mol. The molecule has 6 saturated heterocycles. The van der Waals surface area contributed by atoms with E-state index in [1.807, 2.05) is 13.0 Å². The SMILES string of the molecule is COc1cc(C=CC(=O)OC2C(C)OC(OC(=O)C34CCC(C)(C)CC3C3=CCC5C6(C)CC(O)C(OC7OC(CO)C(O)C(O)C7O)C(C)(C(=O)O)C6CCC5(C)C3(CO)CC4)C(OC3OC(C)C(OC4OCC(OC5OC(CO)C(O)C(O)C5O)C(O)C4O)C(OC4OCC(O)(CO)C4O)C3O)C2O)cc(OC)c1OC. The summed E-state index contributed by atoms with van der Waals surface area (Å²) < 4.78 is 95.6. The normalized spacial score (nSPS) is 48.4. The zero-order valence-electron chi connectivity index (χ0n) is 64.7. The van der Waals surface area contributed by atoms with E-state index in [4.69, 9.17) is 75.8 Å². The molecule has 113 heavy (non-hydrogen) atoms. The molecule has 0 amide bonds. The standard InChI is InChI=1S/C76H114O37/c1-31-55(108-44(82)14-11-33-21-37(98-8)57(100-10)38(22-33)99-9)53(91)59(111-65-54(92)58(110-67-60(93)76(97,29-80)30-102-67)56(32(2)103-65)109-62-50(88)47(85)41(27-101-62)107-63-51(89)48(86)45(83)39(25-77)105-63)66(104-31)113-69(96)74-18-17-70(3,4)23-35(74)34-12-13-42-71(5)24-36(81)61(112-64-52(90)49(87)46(84)40(26-78)106-64)73(7,68(94)95)43(71)15-16-72(42,6)75(34,28-79)20-19-74/h11-12,14,21-22,31-32,35-36,39-43,45-56,58-67,77-81,83-93,97H,13,15-20,23-30H2,1-10H3,(H,94,95). The molecule has 6 aliphatic heterocycles. The molecule has 37 atom stereocenters. The first-order chi connectivity index (χ1) is 53.3. The predicted octanol–water partition coefficient (Wildman–Crippen LogP) is -3.75. The number of aliphatic hydroxyl groups excluding tert-OH is 16. The third-order valence-corrected chi connectivity index (χ3v) is 27.3. The number of aliphatic hydroxyl groups is 17. The summed E-state index contributed by atoms with van der Waals surface area (Å²) >= 11 is 0. The molecule has 12 rings (SSSR count). The number of ether oxygens (including phenoxy) is 16. The van der Waals surface area contributed by atoms with Gasteiger partial charge in [0.1, 0.15) is 109 Å². The molecule has 0 radical (unpaired) electrons. The molecule has 10 fully saturated rings. The summed E-state index contributed by atoms with van der Waals surface area (Å²) in [6.07, 6.45) is -43.5. The maximum atomic E-state index is 16.2. The van der Waals surface area contributed by atoms with Crippen LogP contribution in [-0.2, 0) is 76.0 Å². The molecule has 1 aromatic carbocycles. The van der Waals surface area contributed by atoms with Crippen LogP contribution in [0.2, 0.25) is 0 Å². The monoisotopic (exact) mass is 1620 g/mol. The van der Waals surface area contributed by atoms with Crippen LogP contribution in [0.4, 0.5) is 0 Å². The quantitative estimate of drug-likeness (QED) is 0.0217. The largest absolute Gasteiger partial charge is 0.493 e. The van der Waals surface area contributed by atoms with Crippen LogP contribution >= 0.6 is 0 Å². The summed E-state index contributed by atoms with van der Waals surface area (Å²) in [7, 11) is 4.21. The van der Waals surface area contributed by atoms with E-state index in [0.29, 0.717) is 31.2 Å². The Bertz CT molecular complexity index is 3540. The Morgan fingerprint density at radius 3 is 1.72 bits per heavy atom. The number of carboxylic acids is 1. The Morgan fingerprint density at radius 1 is 0.558 bits per heavy atom. The highest BCUT2D eigenvalue weighted by atomic mass is 16.8. The third kappa shape index (κ3) is 15.3. The van der Waals surface area contributed by atoms with E-state index in [1.165, 1.54) is 48.2 Å². The fourth-order valence-electron chi connectivity index (χ4n) is 20.7. The average Bonchev–Trinajstić information content (AvgIpc) is 0.906. The van der Waals surface area contributed by atoms with Crippen molar-refractivity contribution in [3.8, 4) is 17.2 Å². The minimum Gasteiger partial charge on any atom is -0.493 e. The van der Waals surface area contributed by atoms with Crippen molar-refractivity contribution < 1.29 is 182 Å². The van der Waals surface area contributed by atoms with Gasteiger partial charge in [-0.3, -0.25) is 9.59 Å². The van der Waals surface area contributed by atoms with Crippen LogP contribution in [0, 0.1) is 50.2 Å². The van der Waals surface area contributed by atoms with Crippen LogP contribution < -0.4 is 14.2 Å². The summed E-state index contributed by atoms with van der Waals surface area (Å²) in [4.78, 5) is 44.3. The van der Waals surface area contributed by atoms with Crippen molar-refractivity contribution in [2.75, 3.05) is 61.0 Å². The number of carbonyl (C=O) groups is 3. The van der Waals surface area contributed by atoms with Crippen molar-refractivity contribution in [1.82, 2.24) is 0 Å². The van der Waals surface area contributed by atoms with Gasteiger partial charge in [0.2, 0.25) is 12.0 Å². The lowest BCUT2D eigenvalue weighted by atomic mass is 9.33. The van der Waals surface area contributed by atoms with Crippen molar-refractivity contribution in [2.45, 2.75) is 284 Å². The number of rotatable bonds is 23. The number of methoxy groups -OCH3 is 3. The maximum Gasteiger partial charge on any atom is 0.331 e. The minimum atomic E-state index is -2.32. The number of carbonyl (C=O) groups excluding carboxylic acids is 2. The van der Waals surface area contributed by atoms with E-state index in [2.05, 4.69) is 20.8 Å². The van der Waals surface area contributed by atoms with Gasteiger partial charge in [-0.25, -0.2) is 4.79 Å². The van der Waals surface area contributed by atoms with Gasteiger partial charge in [-0.05, 0) is 136 Å². The van der Waals surface area contributed by atoms with Gasteiger partial charge < -0.3 is 168 Å². The van der Waals surface area contributed by atoms with Crippen LogP contribution in [0.5, 0.6) is 17.2 Å². The van der Waals surface area contributed by atoms with Crippen LogP contribution in [-0.4, -0.2) is 348 Å². The summed E-state index contributed by atoms with van der Waals surface area (Å²) in [5.74, 6) is -4.24. The van der Waals surface area contributed by atoms with Crippen LogP contribution in [0.3, 0.4) is 0 Å². The second-order valence-corrected chi connectivity index (χ2v) is 34.1. The molecule has 640 valence electrons. The lowest BCUT2D eigenvalue weighted by molar-refractivity contribution is -0.388. The van der Waals surface area contributed by atoms with Crippen molar-refractivity contribution >= 4 is 24.0 Å². The van der Waals surface area contributed by atoms with Crippen molar-refractivity contribution in [2.24, 2.45) is 50.2 Å². The molecule has 0 spiro atoms. The zero-order chi connectivity index (χ0) is 82.5. The van der Waals surface area contributed by atoms with Gasteiger partial charge >= 0.3 is 17.9 Å². The Labute approximate surface area is 651 Å². The number of hydrogen-bond acceptors (Lipinski definition) is 36. The van der Waals surface area contributed by atoms with Gasteiger partial charge in [-0.2, -0.15) is 0 Å². The molecule has 0 bridgehead atoms. The molecule has 4 saturated carbocycles. The molecule has 5 aliphatic carbocycles. The van der Waals surface area contributed by atoms with Crippen molar-refractivity contribution in [1.29, 1.82) is 0 Å². The van der Waals surface area contributed by atoms with Gasteiger partial charge in [-0.1, -0.05) is 39.3 Å². The van der Waals surface area contributed by atoms with Gasteiger partial charge in [0, 0.05) is 11.5 Å². The fourth-order valence-corrected chi connectivity index (χ4v) is 20.7. The topological polar surface area (TPSA) is 563 Å². The van der Waals surface area contributed by atoms with E-state index >= 15 is 4.79 Å². The van der Waals surface area contributed by atoms with Crippen molar-refractivity contribution in [3.05, 3.63) is 35.4 Å². The molecule has 37 unspecified atom stereocenters. The Kier molecular flexibility index (Phi) is 26.0. The average molecular weight is 1620 g/mol. The van der Waals surface area contributed by atoms with Gasteiger partial charge in [-0.15, -0.1) is 0 Å². The van der Waals surface area contributed by atoms with Gasteiger partial charge in [0.25, 0.3) is 0 Å². The van der Waals surface area contributed by atoms with Gasteiger partial charge in [0.05, 0.1) is 90.1 Å². The number of carboxylic acid groups (broad SMARTS) is 1. The first kappa shape index (κ1) is 87.7. The number of esters is 2. The summed E-state index contributed by atoms with van der Waals surface area (Å²) in [6, 6.07) is 3.10. The molecule has 11 aliphatic rings. The van der Waals surface area contributed by atoms with E-state index in [9.17, 15) is 102 Å². The minimum absolute atomic E-state index is 0.0273. The first-order valence-corrected chi connectivity index (χ1v) is 38.6. The molecular formula is C76H114O37. The fraction of sp³-hybridized carbons (Fsp3) is 0.829. The Morgan fingerprint density at radius 2 is 1.13 bits per heavy atom. The predicted molar refractivity (Wildman–Crippen MR) is 377 cm³/mol. The number of benzene rings is 1. The lowest BCUT2D eigenvalue weighted by Gasteiger charge is -2.71. The highest BCUT2D eigenvalue weighted by Crippen LogP contribution is 2.76. The van der Waals surface area contributed by atoms with Crippen LogP contribution in [0.1, 0.15) is 112 Å². The Balaban J connectivity index is 0.848. The van der Waals surface area contributed by atoms with E-state index in [0.717, 1.165) is 11.6 Å². The van der Waals surface area contributed by atoms with Crippen molar-refractivity contribution in [3.63, 3.8) is 0 Å². The molecule has 37 heteroatoms. The zero-order valence-corrected chi connectivity index (χ0v) is 64.7. The summed E-state index contributed by atoms with van der Waals surface area (Å²) in [6.45, 7) is 8.02. The van der Waals surface area contributed by atoms with Crippen LogP contribution in [0.15, 0.2) is 29.9 Å². The van der Waals surface area contributed by atoms with E-state index in [-0.39, 0.29) is 49.4 Å². The summed E-state index contributed by atoms with van der Waals surface area (Å²) in [5, 5.41) is 201. The van der Waals surface area contributed by atoms with E-state index < -0.39 is 285 Å². The number of hydrogen-bond donors (Lipinski definition) is 18. The highest BCUT2D eigenvalue weighted by molar-refractivity contribution is 5.87. The van der Waals surface area contributed by atoms with Crippen LogP contribution in [0.25, 0.3) is 6.08 Å². The first-order valence-electron chi connectivity index (χ1n) is 38.6. The molecule has 0 aromatic heterocycles. The third-order valence-electron chi connectivity index (χ3n) is 27.3. The number of allylic oxidation sites excluding steroid dienone is 1. The summed E-state index contributed by atoms with van der Waals surface area (Å²) in [5.41, 5.74) is -7.82. The molecule has 6 heterocycles. The lowest BCUT2D eigenvalue weighted by Crippen LogP contribution is -2.71. The molecule has 1 aromatic rings. The molecule has 18 N–H and O–H groups in total. The smallest absolute Gasteiger partial charge is 0.331 e. The number of aliphatic carboxylic acids is 1. The van der Waals surface area contributed by atoms with E-state index in [1.54, 1.807) is 12.1 Å². The maximum absolute atomic E-state index is 16.2. The Hall–Kier alpha value is -4.61.